The number of carbonyl (C=O) groups is 2. The second-order valence-corrected chi connectivity index (χ2v) is 5.48. The number of hydrazone groups is 1. The van der Waals surface area contributed by atoms with Crippen molar-refractivity contribution in [2.75, 3.05) is 12.4 Å². The lowest BCUT2D eigenvalue weighted by Gasteiger charge is -2.05. The number of methoxy groups -OCH3 is 1. The summed E-state index contributed by atoms with van der Waals surface area (Å²) in [6.07, 6.45) is 2.95. The summed E-state index contributed by atoms with van der Waals surface area (Å²) in [4.78, 5) is 24.0. The van der Waals surface area contributed by atoms with E-state index in [-0.39, 0.29) is 17.6 Å². The molecule has 2 amide bonds. The number of amides is 2. The second-order valence-electron chi connectivity index (χ2n) is 5.48. The van der Waals surface area contributed by atoms with Crippen molar-refractivity contribution in [3.05, 3.63) is 83.8 Å². The lowest BCUT2D eigenvalue weighted by atomic mass is 10.2. The van der Waals surface area contributed by atoms with Gasteiger partial charge >= 0.3 is 0 Å². The molecule has 0 aliphatic heterocycles. The molecule has 1 heterocycles. The second kappa shape index (κ2) is 8.48. The molecule has 7 nitrogen and oxygen atoms in total. The van der Waals surface area contributed by atoms with Crippen LogP contribution in [0.1, 0.15) is 26.5 Å². The molecule has 0 unspecified atom stereocenters. The number of furan rings is 1. The molecule has 2 N–H and O–H groups in total. The van der Waals surface area contributed by atoms with Gasteiger partial charge in [-0.1, -0.05) is 12.1 Å². The van der Waals surface area contributed by atoms with E-state index >= 15 is 0 Å². The van der Waals surface area contributed by atoms with Crippen LogP contribution in [0.25, 0.3) is 0 Å². The Morgan fingerprint density at radius 3 is 2.56 bits per heavy atom. The zero-order valence-corrected chi connectivity index (χ0v) is 14.5. The maximum absolute atomic E-state index is 12.1. The van der Waals surface area contributed by atoms with E-state index in [1.165, 1.54) is 12.5 Å². The van der Waals surface area contributed by atoms with Gasteiger partial charge in [-0.2, -0.15) is 5.10 Å². The van der Waals surface area contributed by atoms with Gasteiger partial charge in [-0.25, -0.2) is 5.43 Å². The van der Waals surface area contributed by atoms with E-state index in [1.807, 2.05) is 18.2 Å². The fraction of sp³-hybridized carbons (Fsp3) is 0.0500. The Balaban J connectivity index is 1.57. The third-order valence-electron chi connectivity index (χ3n) is 3.62. The molecule has 3 rings (SSSR count). The van der Waals surface area contributed by atoms with Gasteiger partial charge in [0.1, 0.15) is 5.75 Å². The third kappa shape index (κ3) is 4.82. The molecule has 0 aliphatic carbocycles. The van der Waals surface area contributed by atoms with Crippen LogP contribution in [-0.2, 0) is 0 Å². The van der Waals surface area contributed by atoms with E-state index < -0.39 is 0 Å². The zero-order valence-electron chi connectivity index (χ0n) is 14.5. The number of hydrogen-bond acceptors (Lipinski definition) is 5. The standard InChI is InChI=1S/C20H17N3O4/c1-26-17-5-2-4-14(12-17)13-21-23-19(24)15-7-9-16(10-8-15)22-20(25)18-6-3-11-27-18/h2-13H,1H3,(H,22,25)(H,23,24)/b21-13-. The fourth-order valence-electron chi connectivity index (χ4n) is 2.26. The Morgan fingerprint density at radius 2 is 1.85 bits per heavy atom. The Bertz CT molecular complexity index is 948. The first-order valence-corrected chi connectivity index (χ1v) is 8.08. The predicted octanol–water partition coefficient (Wildman–Crippen LogP) is 3.30. The summed E-state index contributed by atoms with van der Waals surface area (Å²) in [5, 5.41) is 6.62. The first-order chi connectivity index (χ1) is 13.2. The normalized spacial score (nSPS) is 10.6. The Labute approximate surface area is 155 Å². The van der Waals surface area contributed by atoms with Crippen molar-refractivity contribution < 1.29 is 18.7 Å². The monoisotopic (exact) mass is 363 g/mol. The van der Waals surface area contributed by atoms with Gasteiger partial charge < -0.3 is 14.5 Å². The Kier molecular flexibility index (Phi) is 5.64. The van der Waals surface area contributed by atoms with Gasteiger partial charge in [0.25, 0.3) is 11.8 Å². The van der Waals surface area contributed by atoms with Crippen molar-refractivity contribution in [3.63, 3.8) is 0 Å². The summed E-state index contributed by atoms with van der Waals surface area (Å²) in [7, 11) is 1.58. The van der Waals surface area contributed by atoms with Gasteiger partial charge in [-0.3, -0.25) is 9.59 Å². The van der Waals surface area contributed by atoms with Crippen molar-refractivity contribution in [1.82, 2.24) is 5.43 Å². The third-order valence-corrected chi connectivity index (χ3v) is 3.62. The maximum atomic E-state index is 12.1. The lowest BCUT2D eigenvalue weighted by molar-refractivity contribution is 0.0954. The SMILES string of the molecule is COc1cccc(/C=N\NC(=O)c2ccc(NC(=O)c3ccco3)cc2)c1. The van der Waals surface area contributed by atoms with Crippen LogP contribution in [0.4, 0.5) is 5.69 Å². The molecular weight excluding hydrogens is 346 g/mol. The van der Waals surface area contributed by atoms with E-state index in [1.54, 1.807) is 49.6 Å². The first kappa shape index (κ1) is 17.9. The first-order valence-electron chi connectivity index (χ1n) is 8.08. The topological polar surface area (TPSA) is 92.9 Å². The van der Waals surface area contributed by atoms with Gasteiger partial charge in [0.15, 0.2) is 5.76 Å². The smallest absolute Gasteiger partial charge is 0.291 e. The largest absolute Gasteiger partial charge is 0.497 e. The number of nitrogens with one attached hydrogen (secondary N) is 2. The molecule has 27 heavy (non-hydrogen) atoms. The number of nitrogens with zero attached hydrogens (tertiary/aromatic N) is 1. The zero-order chi connectivity index (χ0) is 19.1. The van der Waals surface area contributed by atoms with Crippen LogP contribution in [-0.4, -0.2) is 25.1 Å². The van der Waals surface area contributed by atoms with Gasteiger partial charge in [-0.15, -0.1) is 0 Å². The summed E-state index contributed by atoms with van der Waals surface area (Å²) in [5.74, 6) is 0.194. The molecule has 0 saturated carbocycles. The summed E-state index contributed by atoms with van der Waals surface area (Å²) in [5.41, 5.74) is 4.21. The van der Waals surface area contributed by atoms with Crippen LogP contribution in [0, 0.1) is 0 Å². The van der Waals surface area contributed by atoms with Crippen LogP contribution in [0.15, 0.2) is 76.4 Å². The number of rotatable bonds is 6. The molecule has 136 valence electrons. The van der Waals surface area contributed by atoms with Crippen LogP contribution in [0.5, 0.6) is 5.75 Å². The van der Waals surface area contributed by atoms with Crippen LogP contribution in [0.3, 0.4) is 0 Å². The molecular formula is C20H17N3O4. The minimum absolute atomic E-state index is 0.212. The number of benzene rings is 2. The van der Waals surface area contributed by atoms with Crippen LogP contribution in [0.2, 0.25) is 0 Å². The van der Waals surface area contributed by atoms with Gasteiger partial charge in [-0.05, 0) is 54.1 Å². The average Bonchev–Trinajstić information content (AvgIpc) is 3.23. The van der Waals surface area contributed by atoms with Crippen molar-refractivity contribution in [3.8, 4) is 5.75 Å². The summed E-state index contributed by atoms with van der Waals surface area (Å²) in [6.45, 7) is 0. The van der Waals surface area contributed by atoms with Gasteiger partial charge in [0, 0.05) is 11.3 Å². The van der Waals surface area contributed by atoms with Crippen molar-refractivity contribution in [1.29, 1.82) is 0 Å². The minimum atomic E-state index is -0.363. The van der Waals surface area contributed by atoms with E-state index in [0.717, 1.165) is 5.56 Å². The molecule has 2 aromatic carbocycles. The molecule has 7 heteroatoms. The molecule has 1 aromatic heterocycles. The minimum Gasteiger partial charge on any atom is -0.497 e. The van der Waals surface area contributed by atoms with Crippen molar-refractivity contribution >= 4 is 23.7 Å². The van der Waals surface area contributed by atoms with Gasteiger partial charge in [0.05, 0.1) is 19.6 Å². The van der Waals surface area contributed by atoms with Crippen LogP contribution < -0.4 is 15.5 Å². The van der Waals surface area contributed by atoms with E-state index in [2.05, 4.69) is 15.8 Å². The molecule has 3 aromatic rings. The number of carbonyl (C=O) groups excluding carboxylic acids is 2. The number of ether oxygens (including phenoxy) is 1. The summed E-state index contributed by atoms with van der Waals surface area (Å²) in [6, 6.07) is 16.9. The molecule has 0 atom stereocenters. The predicted molar refractivity (Wildman–Crippen MR) is 101 cm³/mol. The molecule has 0 fully saturated rings. The van der Waals surface area contributed by atoms with Crippen molar-refractivity contribution in [2.45, 2.75) is 0 Å². The molecule has 0 radical (unpaired) electrons. The lowest BCUT2D eigenvalue weighted by Crippen LogP contribution is -2.17. The highest BCUT2D eigenvalue weighted by Gasteiger charge is 2.09. The van der Waals surface area contributed by atoms with Gasteiger partial charge in [0.2, 0.25) is 0 Å². The molecule has 0 spiro atoms. The van der Waals surface area contributed by atoms with E-state index in [0.29, 0.717) is 17.0 Å². The Hall–Kier alpha value is -3.87. The fourth-order valence-corrected chi connectivity index (χ4v) is 2.26. The number of hydrogen-bond donors (Lipinski definition) is 2. The highest BCUT2D eigenvalue weighted by molar-refractivity contribution is 6.02. The molecule has 0 bridgehead atoms. The highest BCUT2D eigenvalue weighted by Crippen LogP contribution is 2.12. The van der Waals surface area contributed by atoms with Crippen LogP contribution >= 0.6 is 0 Å². The molecule has 0 saturated heterocycles. The van der Waals surface area contributed by atoms with E-state index in [9.17, 15) is 9.59 Å². The molecule has 0 aliphatic rings. The maximum Gasteiger partial charge on any atom is 0.291 e. The highest BCUT2D eigenvalue weighted by atomic mass is 16.5. The quantitative estimate of drug-likeness (QED) is 0.519. The average molecular weight is 363 g/mol. The number of anilines is 1. The van der Waals surface area contributed by atoms with E-state index in [4.69, 9.17) is 9.15 Å². The summed E-state index contributed by atoms with van der Waals surface area (Å²) < 4.78 is 10.2. The van der Waals surface area contributed by atoms with Crippen molar-refractivity contribution in [2.24, 2.45) is 5.10 Å². The Morgan fingerprint density at radius 1 is 1.04 bits per heavy atom. The summed E-state index contributed by atoms with van der Waals surface area (Å²) >= 11 is 0.